The van der Waals surface area contributed by atoms with Gasteiger partial charge in [-0.05, 0) is 20.8 Å². The molecule has 0 spiro atoms. The van der Waals surface area contributed by atoms with Crippen LogP contribution in [0.5, 0.6) is 0 Å². The maximum atomic E-state index is 12.1. The molecule has 0 aliphatic rings. The Morgan fingerprint density at radius 1 is 1.53 bits per heavy atom. The summed E-state index contributed by atoms with van der Waals surface area (Å²) in [4.78, 5) is 13.8. The number of hydrogen-bond donors (Lipinski definition) is 1. The monoisotopic (exact) mass is 238 g/mol. The molecule has 5 nitrogen and oxygen atoms in total. The molecule has 1 amide bonds. The van der Waals surface area contributed by atoms with Crippen molar-refractivity contribution < 1.29 is 4.79 Å². The van der Waals surface area contributed by atoms with Crippen LogP contribution in [0, 0.1) is 13.8 Å². The molecule has 1 heterocycles. The van der Waals surface area contributed by atoms with E-state index < -0.39 is 0 Å². The molecule has 1 rings (SSSR count). The summed E-state index contributed by atoms with van der Waals surface area (Å²) in [5.74, 6) is 0.0853. The van der Waals surface area contributed by atoms with E-state index in [-0.39, 0.29) is 11.9 Å². The Labute approximate surface area is 103 Å². The molecular weight excluding hydrogens is 216 g/mol. The van der Waals surface area contributed by atoms with E-state index in [0.29, 0.717) is 13.0 Å². The summed E-state index contributed by atoms with van der Waals surface area (Å²) in [6.45, 7) is 6.34. The topological polar surface area (TPSA) is 64.2 Å². The first-order valence-electron chi connectivity index (χ1n) is 5.83. The number of nitrogens with two attached hydrogens (primary N) is 1. The predicted molar refractivity (Wildman–Crippen MR) is 67.7 cm³/mol. The van der Waals surface area contributed by atoms with Crippen LogP contribution in [0.4, 0.5) is 0 Å². The largest absolute Gasteiger partial charge is 0.341 e. The van der Waals surface area contributed by atoms with E-state index in [1.54, 1.807) is 11.9 Å². The first-order valence-corrected chi connectivity index (χ1v) is 5.83. The number of likely N-dealkylation sites (N-methyl/N-ethyl adjacent to an activating group) is 1. The van der Waals surface area contributed by atoms with Crippen LogP contribution in [0.25, 0.3) is 0 Å². The number of hydrogen-bond acceptors (Lipinski definition) is 3. The molecule has 0 bridgehead atoms. The Morgan fingerprint density at radius 2 is 2.12 bits per heavy atom. The van der Waals surface area contributed by atoms with Gasteiger partial charge in [-0.15, -0.1) is 0 Å². The van der Waals surface area contributed by atoms with Crippen molar-refractivity contribution in [3.8, 4) is 0 Å². The van der Waals surface area contributed by atoms with Crippen LogP contribution in [-0.2, 0) is 18.3 Å². The molecule has 96 valence electrons. The molecule has 2 N–H and O–H groups in total. The van der Waals surface area contributed by atoms with Crippen molar-refractivity contribution in [1.82, 2.24) is 14.7 Å². The predicted octanol–water partition coefficient (Wildman–Crippen LogP) is 0.385. The summed E-state index contributed by atoms with van der Waals surface area (Å²) in [5, 5.41) is 4.31. The quantitative estimate of drug-likeness (QED) is 0.825. The van der Waals surface area contributed by atoms with Crippen molar-refractivity contribution in [2.24, 2.45) is 12.8 Å². The molecule has 0 aromatic carbocycles. The van der Waals surface area contributed by atoms with Gasteiger partial charge in [-0.1, -0.05) is 0 Å². The number of carbonyl (C=O) groups excluding carboxylic acids is 1. The van der Waals surface area contributed by atoms with Crippen molar-refractivity contribution in [1.29, 1.82) is 0 Å². The zero-order valence-electron chi connectivity index (χ0n) is 11.3. The highest BCUT2D eigenvalue weighted by molar-refractivity contribution is 5.79. The standard InChI is InChI=1S/C12H22N4O/c1-8(7-13)15(4)12(17)6-11-9(2)14-16(5)10(11)3/h8H,6-7,13H2,1-5H3. The maximum absolute atomic E-state index is 12.1. The van der Waals surface area contributed by atoms with E-state index in [1.165, 1.54) is 0 Å². The minimum Gasteiger partial charge on any atom is -0.341 e. The van der Waals surface area contributed by atoms with Gasteiger partial charge in [-0.3, -0.25) is 9.48 Å². The average Bonchev–Trinajstić information content (AvgIpc) is 2.53. The first-order chi connectivity index (χ1) is 7.88. The minimum atomic E-state index is 0.0692. The van der Waals surface area contributed by atoms with Gasteiger partial charge in [0.25, 0.3) is 0 Å². The van der Waals surface area contributed by atoms with Crippen LogP contribution in [0.3, 0.4) is 0 Å². The van der Waals surface area contributed by atoms with Gasteiger partial charge in [-0.25, -0.2) is 0 Å². The normalized spacial score (nSPS) is 12.6. The molecule has 0 saturated carbocycles. The van der Waals surface area contributed by atoms with E-state index in [1.807, 2.05) is 32.5 Å². The Bertz CT molecular complexity index is 411. The van der Waals surface area contributed by atoms with Crippen LogP contribution in [-0.4, -0.2) is 40.2 Å². The second-order valence-corrected chi connectivity index (χ2v) is 4.54. The van der Waals surface area contributed by atoms with E-state index in [9.17, 15) is 4.79 Å². The number of amides is 1. The third-order valence-electron chi connectivity index (χ3n) is 3.38. The van der Waals surface area contributed by atoms with Gasteiger partial charge in [0, 0.05) is 37.9 Å². The number of nitrogens with zero attached hydrogens (tertiary/aromatic N) is 3. The lowest BCUT2D eigenvalue weighted by Crippen LogP contribution is -2.40. The summed E-state index contributed by atoms with van der Waals surface area (Å²) in [6, 6.07) is 0.0692. The number of carbonyl (C=O) groups is 1. The lowest BCUT2D eigenvalue weighted by Gasteiger charge is -2.23. The SMILES string of the molecule is Cc1nn(C)c(C)c1CC(=O)N(C)C(C)CN. The van der Waals surface area contributed by atoms with Crippen LogP contribution < -0.4 is 5.73 Å². The molecule has 1 atom stereocenters. The van der Waals surface area contributed by atoms with Crippen LogP contribution in [0.15, 0.2) is 0 Å². The number of aryl methyl sites for hydroxylation is 2. The zero-order valence-corrected chi connectivity index (χ0v) is 11.3. The van der Waals surface area contributed by atoms with E-state index in [0.717, 1.165) is 17.0 Å². The highest BCUT2D eigenvalue weighted by Crippen LogP contribution is 2.13. The van der Waals surface area contributed by atoms with Gasteiger partial charge in [0.15, 0.2) is 0 Å². The molecule has 0 fully saturated rings. The zero-order chi connectivity index (χ0) is 13.2. The minimum absolute atomic E-state index is 0.0692. The fourth-order valence-electron chi connectivity index (χ4n) is 1.75. The lowest BCUT2D eigenvalue weighted by atomic mass is 10.1. The maximum Gasteiger partial charge on any atom is 0.227 e. The summed E-state index contributed by atoms with van der Waals surface area (Å²) >= 11 is 0. The fraction of sp³-hybridized carbons (Fsp3) is 0.667. The van der Waals surface area contributed by atoms with Crippen molar-refractivity contribution in [2.75, 3.05) is 13.6 Å². The molecule has 5 heteroatoms. The van der Waals surface area contributed by atoms with Crippen molar-refractivity contribution in [2.45, 2.75) is 33.2 Å². The van der Waals surface area contributed by atoms with Gasteiger partial charge in [0.05, 0.1) is 12.1 Å². The van der Waals surface area contributed by atoms with Gasteiger partial charge in [-0.2, -0.15) is 5.10 Å². The molecular formula is C12H22N4O. The number of aromatic nitrogens is 2. The molecule has 0 radical (unpaired) electrons. The highest BCUT2D eigenvalue weighted by atomic mass is 16.2. The molecule has 1 aromatic rings. The van der Waals surface area contributed by atoms with Crippen molar-refractivity contribution in [3.05, 3.63) is 17.0 Å². The van der Waals surface area contributed by atoms with Crippen molar-refractivity contribution >= 4 is 5.91 Å². The summed E-state index contributed by atoms with van der Waals surface area (Å²) in [5.41, 5.74) is 8.55. The van der Waals surface area contributed by atoms with Crippen LogP contribution >= 0.6 is 0 Å². The third-order valence-corrected chi connectivity index (χ3v) is 3.38. The first kappa shape index (κ1) is 13.7. The highest BCUT2D eigenvalue weighted by Gasteiger charge is 2.18. The Morgan fingerprint density at radius 3 is 2.53 bits per heavy atom. The van der Waals surface area contributed by atoms with Crippen LogP contribution in [0.2, 0.25) is 0 Å². The average molecular weight is 238 g/mol. The molecule has 0 aliphatic carbocycles. The summed E-state index contributed by atoms with van der Waals surface area (Å²) < 4.78 is 1.81. The number of rotatable bonds is 4. The van der Waals surface area contributed by atoms with Gasteiger partial charge >= 0.3 is 0 Å². The van der Waals surface area contributed by atoms with Crippen LogP contribution in [0.1, 0.15) is 23.9 Å². The lowest BCUT2D eigenvalue weighted by molar-refractivity contribution is -0.130. The fourth-order valence-corrected chi connectivity index (χ4v) is 1.75. The van der Waals surface area contributed by atoms with Crippen molar-refractivity contribution in [3.63, 3.8) is 0 Å². The molecule has 17 heavy (non-hydrogen) atoms. The van der Waals surface area contributed by atoms with E-state index in [2.05, 4.69) is 5.10 Å². The second-order valence-electron chi connectivity index (χ2n) is 4.54. The Balaban J connectivity index is 2.81. The third kappa shape index (κ3) is 2.85. The summed E-state index contributed by atoms with van der Waals surface area (Å²) in [7, 11) is 3.68. The molecule has 1 aromatic heterocycles. The van der Waals surface area contributed by atoms with Gasteiger partial charge in [0.1, 0.15) is 0 Å². The Kier molecular flexibility index (Phi) is 4.28. The van der Waals surface area contributed by atoms with E-state index >= 15 is 0 Å². The second kappa shape index (κ2) is 5.31. The summed E-state index contributed by atoms with van der Waals surface area (Å²) in [6.07, 6.45) is 0.395. The molecule has 0 saturated heterocycles. The van der Waals surface area contributed by atoms with Gasteiger partial charge in [0.2, 0.25) is 5.91 Å². The smallest absolute Gasteiger partial charge is 0.227 e. The molecule has 1 unspecified atom stereocenters. The Hall–Kier alpha value is -1.36. The van der Waals surface area contributed by atoms with Gasteiger partial charge < -0.3 is 10.6 Å². The molecule has 0 aliphatic heterocycles. The van der Waals surface area contributed by atoms with E-state index in [4.69, 9.17) is 5.73 Å².